The number of furan rings is 1. The molecule has 3 rings (SSSR count). The van der Waals surface area contributed by atoms with Crippen molar-refractivity contribution in [3.8, 4) is 0 Å². The Labute approximate surface area is 159 Å². The third-order valence-corrected chi connectivity index (χ3v) is 5.42. The van der Waals surface area contributed by atoms with Crippen molar-refractivity contribution in [2.24, 2.45) is 4.99 Å². The number of thiazole rings is 1. The van der Waals surface area contributed by atoms with E-state index in [1.165, 1.54) is 17.7 Å². The molecule has 0 aromatic carbocycles. The maximum absolute atomic E-state index is 5.93. The van der Waals surface area contributed by atoms with Gasteiger partial charge in [0.25, 0.3) is 0 Å². The molecule has 1 aliphatic rings. The molecule has 2 N–H and O–H groups in total. The van der Waals surface area contributed by atoms with Gasteiger partial charge in [-0.3, -0.25) is 4.90 Å². The highest BCUT2D eigenvalue weighted by atomic mass is 32.1. The zero-order chi connectivity index (χ0) is 18.4. The predicted molar refractivity (Wildman–Crippen MR) is 107 cm³/mol. The molecular formula is C19H29N5OS. The first-order valence-corrected chi connectivity index (χ1v) is 10.2. The first-order chi connectivity index (χ1) is 12.7. The quantitative estimate of drug-likeness (QED) is 0.574. The Kier molecular flexibility index (Phi) is 6.68. The van der Waals surface area contributed by atoms with Crippen molar-refractivity contribution >= 4 is 17.3 Å². The van der Waals surface area contributed by atoms with Crippen LogP contribution in [0.3, 0.4) is 0 Å². The Morgan fingerprint density at radius 2 is 2.12 bits per heavy atom. The normalized spacial score (nSPS) is 16.8. The zero-order valence-electron chi connectivity index (χ0n) is 15.9. The maximum atomic E-state index is 5.93. The fourth-order valence-electron chi connectivity index (χ4n) is 3.25. The van der Waals surface area contributed by atoms with Gasteiger partial charge in [0.05, 0.1) is 12.6 Å². The Balaban J connectivity index is 1.66. The molecule has 6 nitrogen and oxygen atoms in total. The van der Waals surface area contributed by atoms with Crippen molar-refractivity contribution in [1.29, 1.82) is 0 Å². The molecule has 0 radical (unpaired) electrons. The Morgan fingerprint density at radius 3 is 2.73 bits per heavy atom. The van der Waals surface area contributed by atoms with Crippen LogP contribution < -0.4 is 10.6 Å². The Bertz CT molecular complexity index is 717. The number of hydrogen-bond donors (Lipinski definition) is 2. The summed E-state index contributed by atoms with van der Waals surface area (Å²) in [6.07, 6.45) is 4.42. The number of aliphatic imine (C=N–C) groups is 1. The monoisotopic (exact) mass is 375 g/mol. The van der Waals surface area contributed by atoms with E-state index >= 15 is 0 Å². The Morgan fingerprint density at radius 1 is 1.31 bits per heavy atom. The van der Waals surface area contributed by atoms with Crippen LogP contribution in [0.25, 0.3) is 0 Å². The van der Waals surface area contributed by atoms with Crippen LogP contribution in [0.4, 0.5) is 0 Å². The van der Waals surface area contributed by atoms with E-state index in [0.717, 1.165) is 48.7 Å². The number of aromatic nitrogens is 1. The summed E-state index contributed by atoms with van der Waals surface area (Å²) in [5.41, 5.74) is 0. The molecule has 1 fully saturated rings. The van der Waals surface area contributed by atoms with Gasteiger partial charge < -0.3 is 15.1 Å². The molecule has 1 atom stereocenters. The lowest BCUT2D eigenvalue weighted by Gasteiger charge is -2.26. The van der Waals surface area contributed by atoms with Crippen LogP contribution in [-0.2, 0) is 6.54 Å². The van der Waals surface area contributed by atoms with Crippen molar-refractivity contribution in [2.45, 2.75) is 46.2 Å². The average molecular weight is 376 g/mol. The molecule has 0 spiro atoms. The van der Waals surface area contributed by atoms with Gasteiger partial charge in [0, 0.05) is 24.2 Å². The summed E-state index contributed by atoms with van der Waals surface area (Å²) >= 11 is 1.70. The molecule has 2 aromatic rings. The van der Waals surface area contributed by atoms with Gasteiger partial charge in [-0.15, -0.1) is 11.3 Å². The fraction of sp³-hybridized carbons (Fsp3) is 0.579. The van der Waals surface area contributed by atoms with E-state index in [2.05, 4.69) is 45.4 Å². The zero-order valence-corrected chi connectivity index (χ0v) is 16.7. The van der Waals surface area contributed by atoms with Gasteiger partial charge in [-0.25, -0.2) is 9.98 Å². The molecule has 3 heterocycles. The lowest BCUT2D eigenvalue weighted by Crippen LogP contribution is -2.42. The predicted octanol–water partition coefficient (Wildman–Crippen LogP) is 3.25. The number of nitrogens with zero attached hydrogens (tertiary/aromatic N) is 3. The van der Waals surface area contributed by atoms with E-state index in [-0.39, 0.29) is 6.04 Å². The number of nitrogens with one attached hydrogen (secondary N) is 2. The third kappa shape index (κ3) is 5.08. The van der Waals surface area contributed by atoms with Gasteiger partial charge in [-0.2, -0.15) is 0 Å². The highest BCUT2D eigenvalue weighted by molar-refractivity contribution is 7.11. The molecule has 2 aromatic heterocycles. The topological polar surface area (TPSA) is 65.7 Å². The van der Waals surface area contributed by atoms with E-state index < -0.39 is 0 Å². The van der Waals surface area contributed by atoms with Crippen LogP contribution in [0.15, 0.2) is 27.7 Å². The Hall–Kier alpha value is -1.86. The van der Waals surface area contributed by atoms with E-state index in [1.54, 1.807) is 11.3 Å². The van der Waals surface area contributed by atoms with Gasteiger partial charge >= 0.3 is 0 Å². The van der Waals surface area contributed by atoms with E-state index in [1.807, 2.05) is 19.2 Å². The summed E-state index contributed by atoms with van der Waals surface area (Å²) in [6, 6.07) is 4.38. The van der Waals surface area contributed by atoms with Crippen molar-refractivity contribution in [1.82, 2.24) is 20.5 Å². The number of guanidine groups is 1. The number of rotatable bonds is 7. The van der Waals surface area contributed by atoms with Gasteiger partial charge in [0.1, 0.15) is 16.5 Å². The lowest BCUT2D eigenvalue weighted by molar-refractivity contribution is 0.213. The summed E-state index contributed by atoms with van der Waals surface area (Å²) in [6.45, 7) is 10.6. The molecular weight excluding hydrogens is 346 g/mol. The number of likely N-dealkylation sites (tertiary alicyclic amines) is 1. The van der Waals surface area contributed by atoms with Crippen molar-refractivity contribution < 1.29 is 4.42 Å². The molecule has 1 aliphatic heterocycles. The summed E-state index contributed by atoms with van der Waals surface area (Å²) in [5, 5.41) is 7.86. The molecule has 1 unspecified atom stereocenters. The highest BCUT2D eigenvalue weighted by Gasteiger charge is 2.26. The third-order valence-electron chi connectivity index (χ3n) is 4.52. The lowest BCUT2D eigenvalue weighted by atomic mass is 10.2. The molecule has 0 aliphatic carbocycles. The van der Waals surface area contributed by atoms with Gasteiger partial charge in [0.2, 0.25) is 0 Å². The van der Waals surface area contributed by atoms with Crippen LogP contribution >= 0.6 is 11.3 Å². The second kappa shape index (κ2) is 9.19. The standard InChI is InChI=1S/C19H29N5OS/c1-4-20-19(23-13-18-21-11-15(3)26-18)22-12-16(24-9-5-6-10-24)17-8-7-14(2)25-17/h7-8,11,16H,4-6,9-10,12-13H2,1-3H3,(H2,20,22,23). The van der Waals surface area contributed by atoms with Crippen molar-refractivity contribution in [3.05, 3.63) is 39.7 Å². The van der Waals surface area contributed by atoms with E-state index in [0.29, 0.717) is 6.54 Å². The van der Waals surface area contributed by atoms with Crippen LogP contribution in [-0.4, -0.2) is 42.0 Å². The van der Waals surface area contributed by atoms with Gasteiger partial charge in [-0.1, -0.05) is 0 Å². The summed E-state index contributed by atoms with van der Waals surface area (Å²) < 4.78 is 5.93. The van der Waals surface area contributed by atoms with Crippen LogP contribution in [0.1, 0.15) is 47.2 Å². The molecule has 142 valence electrons. The van der Waals surface area contributed by atoms with E-state index in [4.69, 9.17) is 4.42 Å². The molecule has 0 amide bonds. The number of hydrogen-bond acceptors (Lipinski definition) is 5. The second-order valence-electron chi connectivity index (χ2n) is 6.65. The average Bonchev–Trinajstić information content (AvgIpc) is 3.36. The molecule has 0 bridgehead atoms. The first-order valence-electron chi connectivity index (χ1n) is 9.39. The summed E-state index contributed by atoms with van der Waals surface area (Å²) in [5.74, 6) is 2.82. The van der Waals surface area contributed by atoms with Crippen LogP contribution in [0.5, 0.6) is 0 Å². The minimum Gasteiger partial charge on any atom is -0.465 e. The number of aryl methyl sites for hydroxylation is 2. The SMILES string of the molecule is CCNC(=NCc1ncc(C)s1)NCC(c1ccc(C)o1)N1CCCC1. The molecule has 7 heteroatoms. The maximum Gasteiger partial charge on any atom is 0.191 e. The fourth-order valence-corrected chi connectivity index (χ4v) is 3.96. The van der Waals surface area contributed by atoms with Crippen molar-refractivity contribution in [3.63, 3.8) is 0 Å². The highest BCUT2D eigenvalue weighted by Crippen LogP contribution is 2.26. The molecule has 1 saturated heterocycles. The smallest absolute Gasteiger partial charge is 0.191 e. The van der Waals surface area contributed by atoms with Crippen LogP contribution in [0.2, 0.25) is 0 Å². The van der Waals surface area contributed by atoms with E-state index in [9.17, 15) is 0 Å². The first kappa shape index (κ1) is 18.9. The minimum absolute atomic E-state index is 0.233. The van der Waals surface area contributed by atoms with Gasteiger partial charge in [0.15, 0.2) is 5.96 Å². The summed E-state index contributed by atoms with van der Waals surface area (Å²) in [7, 11) is 0. The molecule has 26 heavy (non-hydrogen) atoms. The second-order valence-corrected chi connectivity index (χ2v) is 7.97. The minimum atomic E-state index is 0.233. The van der Waals surface area contributed by atoms with Crippen molar-refractivity contribution in [2.75, 3.05) is 26.2 Å². The van der Waals surface area contributed by atoms with Gasteiger partial charge in [-0.05, 0) is 58.8 Å². The largest absolute Gasteiger partial charge is 0.465 e. The molecule has 0 saturated carbocycles. The summed E-state index contributed by atoms with van der Waals surface area (Å²) in [4.78, 5) is 12.8. The van der Waals surface area contributed by atoms with Crippen LogP contribution in [0, 0.1) is 13.8 Å².